The molecule has 6 nitrogen and oxygen atoms in total. The highest BCUT2D eigenvalue weighted by molar-refractivity contribution is 6.03. The predicted molar refractivity (Wildman–Crippen MR) is 140 cm³/mol. The number of rotatable bonds is 9. The molecule has 1 amide bonds. The minimum absolute atomic E-state index is 0.0626. The number of fused-ring (bicyclic) bond motifs is 1. The number of aliphatic hydroxyl groups is 1. The molecule has 0 spiro atoms. The number of amides is 1. The van der Waals surface area contributed by atoms with E-state index < -0.39 is 17.6 Å². The van der Waals surface area contributed by atoms with E-state index in [1.54, 1.807) is 0 Å². The minimum atomic E-state index is -0.775. The molecule has 3 atom stereocenters. The third-order valence-electron chi connectivity index (χ3n) is 7.45. The van der Waals surface area contributed by atoms with Crippen molar-refractivity contribution in [2.24, 2.45) is 5.41 Å². The molecule has 2 aromatic rings. The topological polar surface area (TPSA) is 90.5 Å². The molecule has 0 aromatic heterocycles. The monoisotopic (exact) mass is 477 g/mol. The maximum atomic E-state index is 13.2. The maximum Gasteiger partial charge on any atom is 0.217 e. The van der Waals surface area contributed by atoms with E-state index in [9.17, 15) is 14.7 Å². The van der Waals surface area contributed by atoms with E-state index in [4.69, 9.17) is 0 Å². The van der Waals surface area contributed by atoms with Crippen molar-refractivity contribution in [3.8, 4) is 0 Å². The van der Waals surface area contributed by atoms with Crippen LogP contribution in [-0.2, 0) is 11.2 Å². The Balaban J connectivity index is 1.50. The first-order chi connectivity index (χ1) is 16.7. The van der Waals surface area contributed by atoms with Crippen molar-refractivity contribution in [3.63, 3.8) is 0 Å². The molecule has 0 saturated heterocycles. The van der Waals surface area contributed by atoms with Crippen molar-refractivity contribution in [2.75, 3.05) is 11.9 Å². The maximum absolute atomic E-state index is 13.2. The summed E-state index contributed by atoms with van der Waals surface area (Å²) in [6, 6.07) is 16.0. The van der Waals surface area contributed by atoms with Gasteiger partial charge in [-0.2, -0.15) is 0 Å². The third kappa shape index (κ3) is 6.30. The van der Waals surface area contributed by atoms with E-state index >= 15 is 0 Å². The number of anilines is 1. The Kier molecular flexibility index (Phi) is 7.92. The average molecular weight is 478 g/mol. The molecule has 35 heavy (non-hydrogen) atoms. The Hall–Kier alpha value is -2.70. The molecule has 2 aliphatic rings. The van der Waals surface area contributed by atoms with Crippen molar-refractivity contribution < 1.29 is 14.7 Å². The van der Waals surface area contributed by atoms with Crippen molar-refractivity contribution in [1.29, 1.82) is 0 Å². The molecule has 4 rings (SSSR count). The van der Waals surface area contributed by atoms with Crippen LogP contribution in [0.5, 0.6) is 0 Å². The highest BCUT2D eigenvalue weighted by Gasteiger charge is 2.39. The SMILES string of the molecule is CC(=O)NC(Cc1ccccc1)[C@H](O)CN[C@@H]1CC(C)(C)C(=O)c2ccc(NC3CCCC3)cc21. The first kappa shape index (κ1) is 25.4. The summed E-state index contributed by atoms with van der Waals surface area (Å²) in [4.78, 5) is 25.0. The summed E-state index contributed by atoms with van der Waals surface area (Å²) >= 11 is 0. The second-order valence-electron chi connectivity index (χ2n) is 10.9. The number of hydrogen-bond acceptors (Lipinski definition) is 5. The molecule has 188 valence electrons. The zero-order valence-corrected chi connectivity index (χ0v) is 21.1. The van der Waals surface area contributed by atoms with Gasteiger partial charge >= 0.3 is 0 Å². The zero-order chi connectivity index (χ0) is 25.0. The highest BCUT2D eigenvalue weighted by Crippen LogP contribution is 2.41. The van der Waals surface area contributed by atoms with Crippen LogP contribution in [0.4, 0.5) is 5.69 Å². The van der Waals surface area contributed by atoms with Crippen LogP contribution in [0.1, 0.15) is 80.4 Å². The molecule has 1 unspecified atom stereocenters. The molecule has 0 bridgehead atoms. The summed E-state index contributed by atoms with van der Waals surface area (Å²) < 4.78 is 0. The molecular weight excluding hydrogens is 438 g/mol. The number of benzene rings is 2. The van der Waals surface area contributed by atoms with Crippen molar-refractivity contribution >= 4 is 17.4 Å². The molecule has 0 radical (unpaired) electrons. The van der Waals surface area contributed by atoms with Crippen LogP contribution in [0.3, 0.4) is 0 Å². The van der Waals surface area contributed by atoms with Crippen LogP contribution in [0.2, 0.25) is 0 Å². The van der Waals surface area contributed by atoms with Gasteiger partial charge in [-0.05, 0) is 55.0 Å². The summed E-state index contributed by atoms with van der Waals surface area (Å²) in [5.41, 5.74) is 3.37. The fourth-order valence-electron chi connectivity index (χ4n) is 5.53. The Labute approximate surface area is 208 Å². The van der Waals surface area contributed by atoms with E-state index in [-0.39, 0.29) is 17.7 Å². The lowest BCUT2D eigenvalue weighted by Gasteiger charge is -2.37. The summed E-state index contributed by atoms with van der Waals surface area (Å²) in [5.74, 6) is 0.000988. The minimum Gasteiger partial charge on any atom is -0.390 e. The van der Waals surface area contributed by atoms with Gasteiger partial charge in [-0.25, -0.2) is 0 Å². The lowest BCUT2D eigenvalue weighted by molar-refractivity contribution is -0.120. The quantitative estimate of drug-likeness (QED) is 0.430. The highest BCUT2D eigenvalue weighted by atomic mass is 16.3. The number of aliphatic hydroxyl groups excluding tert-OH is 1. The van der Waals surface area contributed by atoms with Gasteiger partial charge in [0.25, 0.3) is 0 Å². The number of Topliss-reactive ketones (excluding diaryl/α,β-unsaturated/α-hetero) is 1. The van der Waals surface area contributed by atoms with Crippen LogP contribution in [0, 0.1) is 5.41 Å². The van der Waals surface area contributed by atoms with Crippen molar-refractivity contribution in [2.45, 2.75) is 83.5 Å². The van der Waals surface area contributed by atoms with Gasteiger partial charge in [0.05, 0.1) is 12.1 Å². The summed E-state index contributed by atoms with van der Waals surface area (Å²) in [7, 11) is 0. The molecular formula is C29H39N3O3. The average Bonchev–Trinajstić information content (AvgIpc) is 3.33. The van der Waals surface area contributed by atoms with Crippen molar-refractivity contribution in [3.05, 3.63) is 65.2 Å². The van der Waals surface area contributed by atoms with Crippen LogP contribution in [-0.4, -0.2) is 41.5 Å². The fourth-order valence-corrected chi connectivity index (χ4v) is 5.53. The van der Waals surface area contributed by atoms with Crippen LogP contribution in [0.25, 0.3) is 0 Å². The Bertz CT molecular complexity index is 1030. The molecule has 1 fully saturated rings. The molecule has 4 N–H and O–H groups in total. The van der Waals surface area contributed by atoms with Gasteiger partial charge in [-0.1, -0.05) is 57.0 Å². The number of carbonyl (C=O) groups excluding carboxylic acids is 2. The second-order valence-corrected chi connectivity index (χ2v) is 10.9. The number of carbonyl (C=O) groups is 2. The standard InChI is InChI=1S/C29H39N3O3/c1-19(33)31-25(15-20-9-5-4-6-10-20)27(34)18-30-26-17-29(2,3)28(35)23-14-13-22(16-24(23)26)32-21-11-7-8-12-21/h4-6,9-10,13-14,16,21,25-27,30,32,34H,7-8,11-12,15,17-18H2,1-3H3,(H,31,33)/t25?,26-,27-/m1/s1. The second kappa shape index (κ2) is 10.9. The summed E-state index contributed by atoms with van der Waals surface area (Å²) in [5, 5.41) is 21.2. The number of nitrogens with one attached hydrogen (secondary N) is 3. The zero-order valence-electron chi connectivity index (χ0n) is 21.1. The largest absolute Gasteiger partial charge is 0.390 e. The van der Waals surface area contributed by atoms with Crippen LogP contribution < -0.4 is 16.0 Å². The molecule has 6 heteroatoms. The lowest BCUT2D eigenvalue weighted by Crippen LogP contribution is -2.49. The van der Waals surface area contributed by atoms with E-state index in [2.05, 4.69) is 22.0 Å². The Morgan fingerprint density at radius 3 is 2.51 bits per heavy atom. The predicted octanol–water partition coefficient (Wildman–Crippen LogP) is 4.39. The van der Waals surface area contributed by atoms with Gasteiger partial charge < -0.3 is 21.1 Å². The molecule has 0 heterocycles. The smallest absolute Gasteiger partial charge is 0.217 e. The van der Waals surface area contributed by atoms with Gasteiger partial charge in [0.1, 0.15) is 0 Å². The summed E-state index contributed by atoms with van der Waals surface area (Å²) in [6.07, 6.45) is 5.31. The van der Waals surface area contributed by atoms with Crippen molar-refractivity contribution in [1.82, 2.24) is 10.6 Å². The molecule has 2 aromatic carbocycles. The van der Waals surface area contributed by atoms with E-state index in [0.717, 1.165) is 22.4 Å². The third-order valence-corrected chi connectivity index (χ3v) is 7.45. The number of hydrogen-bond donors (Lipinski definition) is 4. The fraction of sp³-hybridized carbons (Fsp3) is 0.517. The van der Waals surface area contributed by atoms with Gasteiger partial charge in [0.15, 0.2) is 5.78 Å². The normalized spacial score (nSPS) is 21.3. The molecule has 2 aliphatic carbocycles. The van der Waals surface area contributed by atoms with Gasteiger partial charge in [0.2, 0.25) is 5.91 Å². The van der Waals surface area contributed by atoms with Gasteiger partial charge in [0, 0.05) is 42.2 Å². The van der Waals surface area contributed by atoms with Gasteiger partial charge in [-0.3, -0.25) is 9.59 Å². The first-order valence-corrected chi connectivity index (χ1v) is 12.9. The molecule has 0 aliphatic heterocycles. The lowest BCUT2D eigenvalue weighted by atomic mass is 9.70. The van der Waals surface area contributed by atoms with E-state index in [0.29, 0.717) is 25.4 Å². The Morgan fingerprint density at radius 2 is 1.83 bits per heavy atom. The van der Waals surface area contributed by atoms with Gasteiger partial charge in [-0.15, -0.1) is 0 Å². The Morgan fingerprint density at radius 1 is 1.11 bits per heavy atom. The first-order valence-electron chi connectivity index (χ1n) is 12.9. The van der Waals surface area contributed by atoms with E-state index in [1.807, 2.05) is 56.3 Å². The van der Waals surface area contributed by atoms with Crippen LogP contribution in [0.15, 0.2) is 48.5 Å². The molecule has 1 saturated carbocycles. The van der Waals surface area contributed by atoms with E-state index in [1.165, 1.54) is 32.6 Å². The van der Waals surface area contributed by atoms with Crippen LogP contribution >= 0.6 is 0 Å². The summed E-state index contributed by atoms with van der Waals surface area (Å²) in [6.45, 7) is 5.77. The number of ketones is 1.